The highest BCUT2D eigenvalue weighted by atomic mass is 16.5. The van der Waals surface area contributed by atoms with Crippen molar-refractivity contribution in [2.45, 2.75) is 13.0 Å². The van der Waals surface area contributed by atoms with Gasteiger partial charge in [-0.3, -0.25) is 9.59 Å². The Morgan fingerprint density at radius 2 is 1.88 bits per heavy atom. The summed E-state index contributed by atoms with van der Waals surface area (Å²) in [6.07, 6.45) is 1.94. The van der Waals surface area contributed by atoms with E-state index in [0.717, 1.165) is 16.5 Å². The predicted octanol–water partition coefficient (Wildman–Crippen LogP) is 3.56. The molecule has 2 aromatic carbocycles. The number of benzene rings is 2. The lowest BCUT2D eigenvalue weighted by atomic mass is 9.95. The third kappa shape index (κ3) is 4.12. The van der Waals surface area contributed by atoms with Crippen LogP contribution in [0.3, 0.4) is 0 Å². The van der Waals surface area contributed by atoms with Gasteiger partial charge in [-0.1, -0.05) is 30.3 Å². The van der Waals surface area contributed by atoms with E-state index in [0.29, 0.717) is 31.0 Å². The van der Waals surface area contributed by atoms with Crippen LogP contribution in [0.25, 0.3) is 16.7 Å². The lowest BCUT2D eigenvalue weighted by molar-refractivity contribution is -0.140. The highest BCUT2D eigenvalue weighted by Gasteiger charge is 2.46. The number of hydrogen-bond donors (Lipinski definition) is 1. The Morgan fingerprint density at radius 1 is 1.12 bits per heavy atom. The zero-order valence-electron chi connectivity index (χ0n) is 19.4. The molecular formula is C26H29N3O4. The van der Waals surface area contributed by atoms with E-state index in [1.165, 1.54) is 0 Å². The number of aromatic nitrogens is 1. The molecule has 1 aromatic heterocycles. The van der Waals surface area contributed by atoms with Gasteiger partial charge in [0.1, 0.15) is 11.5 Å². The molecule has 3 aromatic rings. The van der Waals surface area contributed by atoms with Crippen molar-refractivity contribution in [1.82, 2.24) is 14.4 Å². The van der Waals surface area contributed by atoms with Gasteiger partial charge < -0.3 is 24.2 Å². The van der Waals surface area contributed by atoms with E-state index in [-0.39, 0.29) is 11.3 Å². The fourth-order valence-electron chi connectivity index (χ4n) is 4.39. The zero-order chi connectivity index (χ0) is 23.7. The molecular weight excluding hydrogens is 418 g/mol. The van der Waals surface area contributed by atoms with E-state index in [2.05, 4.69) is 0 Å². The molecule has 1 fully saturated rings. The van der Waals surface area contributed by atoms with Crippen LogP contribution in [0.1, 0.15) is 24.1 Å². The van der Waals surface area contributed by atoms with Crippen LogP contribution in [0, 0.1) is 0 Å². The van der Waals surface area contributed by atoms with Crippen LogP contribution in [0.4, 0.5) is 0 Å². The Morgan fingerprint density at radius 3 is 2.61 bits per heavy atom. The summed E-state index contributed by atoms with van der Waals surface area (Å²) in [6, 6.07) is 14.1. The van der Waals surface area contributed by atoms with Crippen LogP contribution >= 0.6 is 0 Å². The van der Waals surface area contributed by atoms with Gasteiger partial charge in [-0.2, -0.15) is 0 Å². The fraction of sp³-hybridized carbons (Fsp3) is 0.308. The van der Waals surface area contributed by atoms with Crippen LogP contribution in [0.15, 0.2) is 60.3 Å². The smallest absolute Gasteiger partial charge is 0.295 e. The number of para-hydroxylation sites is 1. The largest absolute Gasteiger partial charge is 0.507 e. The standard InChI is InChI=1S/C26H29N3O4/c1-5-33-18-10-8-9-17(15-18)24(30)22-23(29(14-13-27(2)3)26(32)25(22)31)20-16-28(4)21-12-7-6-11-19(20)21/h6-12,15-16,23,30H,5,13-14H2,1-4H3/b24-22+. The number of hydrogen-bond acceptors (Lipinski definition) is 5. The van der Waals surface area contributed by atoms with E-state index >= 15 is 0 Å². The number of ketones is 1. The Kier molecular flexibility index (Phi) is 6.24. The molecule has 172 valence electrons. The van der Waals surface area contributed by atoms with E-state index in [9.17, 15) is 14.7 Å². The molecule has 2 heterocycles. The van der Waals surface area contributed by atoms with Gasteiger partial charge in [0.15, 0.2) is 0 Å². The molecule has 1 unspecified atom stereocenters. The Labute approximate surface area is 193 Å². The van der Waals surface area contributed by atoms with Gasteiger partial charge in [-0.15, -0.1) is 0 Å². The third-order valence-electron chi connectivity index (χ3n) is 5.97. The highest BCUT2D eigenvalue weighted by Crippen LogP contribution is 2.42. The molecule has 0 aliphatic carbocycles. The number of ether oxygens (including phenoxy) is 1. The summed E-state index contributed by atoms with van der Waals surface area (Å²) >= 11 is 0. The summed E-state index contributed by atoms with van der Waals surface area (Å²) in [7, 11) is 5.77. The molecule has 1 saturated heterocycles. The molecule has 7 nitrogen and oxygen atoms in total. The van der Waals surface area contributed by atoms with Gasteiger partial charge in [0.05, 0.1) is 18.2 Å². The molecule has 0 radical (unpaired) electrons. The first-order valence-electron chi connectivity index (χ1n) is 11.0. The van der Waals surface area contributed by atoms with Crippen LogP contribution in [-0.4, -0.2) is 65.0 Å². The van der Waals surface area contributed by atoms with Crippen LogP contribution in [0.2, 0.25) is 0 Å². The molecule has 0 bridgehead atoms. The maximum absolute atomic E-state index is 13.3. The van der Waals surface area contributed by atoms with Crippen molar-refractivity contribution in [1.29, 1.82) is 0 Å². The number of carbonyl (C=O) groups excluding carboxylic acids is 2. The number of nitrogens with zero attached hydrogens (tertiary/aromatic N) is 3. The van der Waals surface area contributed by atoms with Crippen molar-refractivity contribution in [2.75, 3.05) is 33.8 Å². The number of Topliss-reactive ketones (excluding diaryl/α,β-unsaturated/α-hetero) is 1. The van der Waals surface area contributed by atoms with Gasteiger partial charge in [-0.25, -0.2) is 0 Å². The number of likely N-dealkylation sites (N-methyl/N-ethyl adjacent to an activating group) is 1. The predicted molar refractivity (Wildman–Crippen MR) is 128 cm³/mol. The van der Waals surface area contributed by atoms with E-state index in [4.69, 9.17) is 4.74 Å². The first kappa shape index (κ1) is 22.6. The fourth-order valence-corrected chi connectivity index (χ4v) is 4.39. The minimum absolute atomic E-state index is 0.101. The van der Waals surface area contributed by atoms with Gasteiger partial charge in [-0.05, 0) is 39.2 Å². The Bertz CT molecular complexity index is 1240. The van der Waals surface area contributed by atoms with Crippen LogP contribution in [-0.2, 0) is 16.6 Å². The van der Waals surface area contributed by atoms with Crippen LogP contribution in [0.5, 0.6) is 5.75 Å². The minimum Gasteiger partial charge on any atom is -0.507 e. The lowest BCUT2D eigenvalue weighted by Gasteiger charge is -2.26. The quantitative estimate of drug-likeness (QED) is 0.341. The first-order valence-corrected chi connectivity index (χ1v) is 11.0. The average Bonchev–Trinajstić information content (AvgIpc) is 3.26. The van der Waals surface area contributed by atoms with Crippen molar-refractivity contribution in [2.24, 2.45) is 7.05 Å². The lowest BCUT2D eigenvalue weighted by Crippen LogP contribution is -2.35. The summed E-state index contributed by atoms with van der Waals surface area (Å²) in [6.45, 7) is 3.31. The van der Waals surface area contributed by atoms with Gasteiger partial charge in [0.2, 0.25) is 0 Å². The number of aliphatic hydroxyl groups excluding tert-OH is 1. The normalized spacial score (nSPS) is 18.0. The second-order valence-corrected chi connectivity index (χ2v) is 8.47. The molecule has 7 heteroatoms. The van der Waals surface area contributed by atoms with E-state index in [1.54, 1.807) is 29.2 Å². The van der Waals surface area contributed by atoms with Gasteiger partial charge in [0, 0.05) is 48.4 Å². The van der Waals surface area contributed by atoms with Crippen molar-refractivity contribution in [3.8, 4) is 5.75 Å². The topological polar surface area (TPSA) is 75.0 Å². The Hall–Kier alpha value is -3.58. The number of likely N-dealkylation sites (tertiary alicyclic amines) is 1. The van der Waals surface area contributed by atoms with Gasteiger partial charge in [0.25, 0.3) is 11.7 Å². The number of fused-ring (bicyclic) bond motifs is 1. The van der Waals surface area contributed by atoms with Crippen molar-refractivity contribution in [3.05, 3.63) is 71.4 Å². The Balaban J connectivity index is 1.92. The second kappa shape index (κ2) is 9.11. The molecule has 1 atom stereocenters. The summed E-state index contributed by atoms with van der Waals surface area (Å²) < 4.78 is 7.54. The first-order chi connectivity index (χ1) is 15.8. The highest BCUT2D eigenvalue weighted by molar-refractivity contribution is 6.46. The summed E-state index contributed by atoms with van der Waals surface area (Å²) in [4.78, 5) is 29.9. The minimum atomic E-state index is -0.688. The molecule has 1 N–H and O–H groups in total. The maximum atomic E-state index is 13.3. The molecule has 4 rings (SSSR count). The van der Waals surface area contributed by atoms with E-state index in [1.807, 2.05) is 68.0 Å². The maximum Gasteiger partial charge on any atom is 0.295 e. The molecule has 1 aliphatic rings. The molecule has 1 aliphatic heterocycles. The molecule has 33 heavy (non-hydrogen) atoms. The SMILES string of the molecule is CCOc1cccc(/C(O)=C2\C(=O)C(=O)N(CCN(C)C)C2c2cn(C)c3ccccc23)c1. The molecule has 1 amide bonds. The monoisotopic (exact) mass is 447 g/mol. The second-order valence-electron chi connectivity index (χ2n) is 8.47. The summed E-state index contributed by atoms with van der Waals surface area (Å²) in [5.41, 5.74) is 2.35. The van der Waals surface area contributed by atoms with Crippen molar-refractivity contribution < 1.29 is 19.4 Å². The van der Waals surface area contributed by atoms with Crippen molar-refractivity contribution >= 4 is 28.4 Å². The number of amides is 1. The zero-order valence-corrected chi connectivity index (χ0v) is 19.4. The number of aliphatic hydroxyl groups is 1. The van der Waals surface area contributed by atoms with Gasteiger partial charge >= 0.3 is 0 Å². The van der Waals surface area contributed by atoms with Crippen LogP contribution < -0.4 is 4.74 Å². The van der Waals surface area contributed by atoms with Crippen molar-refractivity contribution in [3.63, 3.8) is 0 Å². The van der Waals surface area contributed by atoms with E-state index < -0.39 is 17.7 Å². The average molecular weight is 448 g/mol. The summed E-state index contributed by atoms with van der Waals surface area (Å²) in [5, 5.41) is 12.3. The summed E-state index contributed by atoms with van der Waals surface area (Å²) in [5.74, 6) is -0.881. The molecule has 0 spiro atoms. The third-order valence-corrected chi connectivity index (χ3v) is 5.97. The number of rotatable bonds is 7. The molecule has 0 saturated carbocycles. The number of carbonyl (C=O) groups is 2. The number of aryl methyl sites for hydroxylation is 1.